The lowest BCUT2D eigenvalue weighted by molar-refractivity contribution is 0.669. The molecular formula is C15H9ClO. The van der Waals surface area contributed by atoms with Gasteiger partial charge in [-0.1, -0.05) is 30.0 Å². The highest BCUT2D eigenvalue weighted by molar-refractivity contribution is 6.19. The fraction of sp³-hybridized carbons (Fsp3) is 0.0667. The SMILES string of the molecule is ClCC#Cc1ccc2oc3ccccc3c2c1. The number of furan rings is 1. The van der Waals surface area contributed by atoms with Gasteiger partial charge < -0.3 is 4.42 Å². The summed E-state index contributed by atoms with van der Waals surface area (Å²) in [6.45, 7) is 0. The summed E-state index contributed by atoms with van der Waals surface area (Å²) in [6.07, 6.45) is 0. The van der Waals surface area contributed by atoms with Crippen LogP contribution in [0.4, 0.5) is 0 Å². The Labute approximate surface area is 104 Å². The van der Waals surface area contributed by atoms with Gasteiger partial charge in [0, 0.05) is 16.3 Å². The minimum Gasteiger partial charge on any atom is -0.456 e. The molecule has 2 heteroatoms. The summed E-state index contributed by atoms with van der Waals surface area (Å²) in [5, 5.41) is 2.22. The molecule has 0 saturated carbocycles. The number of benzene rings is 2. The zero-order valence-corrected chi connectivity index (χ0v) is 9.79. The Morgan fingerprint density at radius 3 is 2.71 bits per heavy atom. The van der Waals surface area contributed by atoms with Crippen molar-refractivity contribution in [2.75, 3.05) is 5.88 Å². The van der Waals surface area contributed by atoms with Gasteiger partial charge in [-0.05, 0) is 24.3 Å². The summed E-state index contributed by atoms with van der Waals surface area (Å²) in [7, 11) is 0. The number of para-hydroxylation sites is 1. The zero-order chi connectivity index (χ0) is 11.7. The molecule has 0 saturated heterocycles. The average molecular weight is 241 g/mol. The Kier molecular flexibility index (Phi) is 2.51. The van der Waals surface area contributed by atoms with Gasteiger partial charge in [0.05, 0.1) is 5.88 Å². The van der Waals surface area contributed by atoms with Crippen LogP contribution in [-0.4, -0.2) is 5.88 Å². The Balaban J connectivity index is 2.30. The Hall–Kier alpha value is -1.91. The minimum absolute atomic E-state index is 0.351. The first-order valence-electron chi connectivity index (χ1n) is 5.34. The lowest BCUT2D eigenvalue weighted by Crippen LogP contribution is -1.74. The van der Waals surface area contributed by atoms with E-state index in [0.29, 0.717) is 5.88 Å². The monoisotopic (exact) mass is 240 g/mol. The zero-order valence-electron chi connectivity index (χ0n) is 9.03. The largest absolute Gasteiger partial charge is 0.456 e. The van der Waals surface area contributed by atoms with Crippen LogP contribution in [0.15, 0.2) is 46.9 Å². The molecular weight excluding hydrogens is 232 g/mol. The number of rotatable bonds is 0. The molecule has 0 atom stereocenters. The van der Waals surface area contributed by atoms with Crippen LogP contribution < -0.4 is 0 Å². The van der Waals surface area contributed by atoms with Gasteiger partial charge in [-0.15, -0.1) is 11.6 Å². The van der Waals surface area contributed by atoms with E-state index in [0.717, 1.165) is 27.5 Å². The van der Waals surface area contributed by atoms with Gasteiger partial charge >= 0.3 is 0 Å². The molecule has 0 fully saturated rings. The molecule has 0 aliphatic rings. The first-order valence-corrected chi connectivity index (χ1v) is 5.88. The lowest BCUT2D eigenvalue weighted by Gasteiger charge is -1.91. The standard InChI is InChI=1S/C15H9ClO/c16-9-3-4-11-7-8-15-13(10-11)12-5-1-2-6-14(12)17-15/h1-2,5-8,10H,9H2. The van der Waals surface area contributed by atoms with E-state index < -0.39 is 0 Å². The van der Waals surface area contributed by atoms with Crippen LogP contribution in [0.25, 0.3) is 21.9 Å². The minimum atomic E-state index is 0.351. The van der Waals surface area contributed by atoms with Crippen molar-refractivity contribution < 1.29 is 4.42 Å². The molecule has 0 amide bonds. The number of alkyl halides is 1. The molecule has 1 nitrogen and oxygen atoms in total. The van der Waals surface area contributed by atoms with E-state index in [9.17, 15) is 0 Å². The summed E-state index contributed by atoms with van der Waals surface area (Å²) in [5.41, 5.74) is 2.76. The van der Waals surface area contributed by atoms with Crippen molar-refractivity contribution in [1.29, 1.82) is 0 Å². The van der Waals surface area contributed by atoms with Gasteiger partial charge in [0.15, 0.2) is 0 Å². The van der Waals surface area contributed by atoms with Gasteiger partial charge in [-0.25, -0.2) is 0 Å². The van der Waals surface area contributed by atoms with Crippen LogP contribution in [0.3, 0.4) is 0 Å². The van der Waals surface area contributed by atoms with E-state index in [1.54, 1.807) is 0 Å². The summed E-state index contributed by atoms with van der Waals surface area (Å²) in [6, 6.07) is 13.9. The third-order valence-corrected chi connectivity index (χ3v) is 2.81. The van der Waals surface area contributed by atoms with Crippen molar-refractivity contribution in [3.8, 4) is 11.8 Å². The Morgan fingerprint density at radius 2 is 1.82 bits per heavy atom. The Morgan fingerprint density at radius 1 is 1.00 bits per heavy atom. The summed E-state index contributed by atoms with van der Waals surface area (Å²) >= 11 is 5.55. The predicted octanol–water partition coefficient (Wildman–Crippen LogP) is 4.18. The summed E-state index contributed by atoms with van der Waals surface area (Å²) in [4.78, 5) is 0. The normalized spacial score (nSPS) is 10.4. The van der Waals surface area contributed by atoms with Gasteiger partial charge in [0.1, 0.15) is 11.2 Å². The highest BCUT2D eigenvalue weighted by Crippen LogP contribution is 2.28. The van der Waals surface area contributed by atoms with Crippen molar-refractivity contribution in [2.24, 2.45) is 0 Å². The number of hydrogen-bond donors (Lipinski definition) is 0. The molecule has 0 spiro atoms. The highest BCUT2D eigenvalue weighted by Gasteiger charge is 2.05. The Bertz CT molecular complexity index is 744. The van der Waals surface area contributed by atoms with Crippen molar-refractivity contribution >= 4 is 33.5 Å². The van der Waals surface area contributed by atoms with E-state index in [1.807, 2.05) is 36.4 Å². The molecule has 0 radical (unpaired) electrons. The first-order chi connectivity index (χ1) is 8.38. The van der Waals surface area contributed by atoms with Crippen molar-refractivity contribution in [3.63, 3.8) is 0 Å². The molecule has 0 aliphatic heterocycles. The van der Waals surface area contributed by atoms with E-state index >= 15 is 0 Å². The quantitative estimate of drug-likeness (QED) is 0.425. The lowest BCUT2D eigenvalue weighted by atomic mass is 10.1. The second-order valence-electron chi connectivity index (χ2n) is 3.74. The maximum atomic E-state index is 5.74. The van der Waals surface area contributed by atoms with Crippen LogP contribution in [0.2, 0.25) is 0 Å². The molecule has 3 aromatic rings. The van der Waals surface area contributed by atoms with Crippen LogP contribution in [0, 0.1) is 11.8 Å². The van der Waals surface area contributed by atoms with E-state index in [-0.39, 0.29) is 0 Å². The van der Waals surface area contributed by atoms with Gasteiger partial charge in [0.2, 0.25) is 0 Å². The van der Waals surface area contributed by atoms with Crippen LogP contribution in [0.1, 0.15) is 5.56 Å². The second-order valence-corrected chi connectivity index (χ2v) is 4.01. The van der Waals surface area contributed by atoms with Crippen LogP contribution >= 0.6 is 11.6 Å². The fourth-order valence-corrected chi connectivity index (χ4v) is 2.01. The topological polar surface area (TPSA) is 13.1 Å². The maximum Gasteiger partial charge on any atom is 0.135 e. The second kappa shape index (κ2) is 4.16. The summed E-state index contributed by atoms with van der Waals surface area (Å²) in [5.74, 6) is 6.22. The smallest absolute Gasteiger partial charge is 0.135 e. The van der Waals surface area contributed by atoms with E-state index in [1.165, 1.54) is 0 Å². The maximum absolute atomic E-state index is 5.74. The number of hydrogen-bond acceptors (Lipinski definition) is 1. The molecule has 2 aromatic carbocycles. The fourth-order valence-electron chi connectivity index (χ4n) is 1.94. The first kappa shape index (κ1) is 10.3. The number of halogens is 1. The average Bonchev–Trinajstić information content (AvgIpc) is 2.74. The van der Waals surface area contributed by atoms with Gasteiger partial charge in [0.25, 0.3) is 0 Å². The van der Waals surface area contributed by atoms with Crippen LogP contribution in [-0.2, 0) is 0 Å². The molecule has 1 aromatic heterocycles. The molecule has 0 N–H and O–H groups in total. The molecule has 82 valence electrons. The third-order valence-electron chi connectivity index (χ3n) is 2.68. The molecule has 0 aliphatic carbocycles. The van der Waals surface area contributed by atoms with Gasteiger partial charge in [-0.3, -0.25) is 0 Å². The predicted molar refractivity (Wildman–Crippen MR) is 71.3 cm³/mol. The van der Waals surface area contributed by atoms with Crippen molar-refractivity contribution in [2.45, 2.75) is 0 Å². The van der Waals surface area contributed by atoms with Crippen molar-refractivity contribution in [1.82, 2.24) is 0 Å². The highest BCUT2D eigenvalue weighted by atomic mass is 35.5. The molecule has 0 bridgehead atoms. The van der Waals surface area contributed by atoms with E-state index in [2.05, 4.69) is 17.9 Å². The molecule has 3 rings (SSSR count). The molecule has 17 heavy (non-hydrogen) atoms. The van der Waals surface area contributed by atoms with Gasteiger partial charge in [-0.2, -0.15) is 0 Å². The number of fused-ring (bicyclic) bond motifs is 3. The molecule has 1 heterocycles. The van der Waals surface area contributed by atoms with Crippen LogP contribution in [0.5, 0.6) is 0 Å². The van der Waals surface area contributed by atoms with E-state index in [4.69, 9.17) is 16.0 Å². The molecule has 0 unspecified atom stereocenters. The van der Waals surface area contributed by atoms with Crippen molar-refractivity contribution in [3.05, 3.63) is 48.0 Å². The summed E-state index contributed by atoms with van der Waals surface area (Å²) < 4.78 is 5.74. The third kappa shape index (κ3) is 1.77.